The Balaban J connectivity index is 1.44. The third kappa shape index (κ3) is 3.69. The lowest BCUT2D eigenvalue weighted by Crippen LogP contribution is -2.37. The molecular weight excluding hydrogens is 366 g/mol. The Morgan fingerprint density at radius 1 is 1.19 bits per heavy atom. The number of amides is 1. The van der Waals surface area contributed by atoms with Gasteiger partial charge in [-0.15, -0.1) is 0 Å². The Hall–Kier alpha value is -2.40. The predicted octanol–water partition coefficient (Wildman–Crippen LogP) is 3.68. The van der Waals surface area contributed by atoms with Crippen molar-refractivity contribution in [3.8, 4) is 17.2 Å². The summed E-state index contributed by atoms with van der Waals surface area (Å²) >= 11 is 6.01. The van der Waals surface area contributed by atoms with Crippen molar-refractivity contribution < 1.29 is 19.0 Å². The van der Waals surface area contributed by atoms with Crippen molar-refractivity contribution in [2.45, 2.75) is 45.4 Å². The molecule has 2 heterocycles. The van der Waals surface area contributed by atoms with Crippen LogP contribution in [0, 0.1) is 0 Å². The SMILES string of the molecule is CCOc1cc2c(cc1CNC(=O)[C@@H]1Cc3cc(Cl)ccc3O1)O[C@H](C)C2. The summed E-state index contributed by atoms with van der Waals surface area (Å²) in [7, 11) is 0. The van der Waals surface area contributed by atoms with E-state index in [9.17, 15) is 4.79 Å². The van der Waals surface area contributed by atoms with Gasteiger partial charge in [-0.05, 0) is 49.7 Å². The summed E-state index contributed by atoms with van der Waals surface area (Å²) in [6, 6.07) is 9.40. The smallest absolute Gasteiger partial charge is 0.261 e. The molecule has 0 aromatic heterocycles. The molecule has 0 bridgehead atoms. The molecule has 0 spiro atoms. The number of ether oxygens (including phenoxy) is 3. The van der Waals surface area contributed by atoms with Gasteiger partial charge >= 0.3 is 0 Å². The van der Waals surface area contributed by atoms with Crippen molar-refractivity contribution in [1.29, 1.82) is 0 Å². The van der Waals surface area contributed by atoms with E-state index in [4.69, 9.17) is 25.8 Å². The maximum absolute atomic E-state index is 12.6. The third-order valence-corrected chi connectivity index (χ3v) is 5.06. The van der Waals surface area contributed by atoms with Gasteiger partial charge in [-0.2, -0.15) is 0 Å². The van der Waals surface area contributed by atoms with Crippen LogP contribution in [0.3, 0.4) is 0 Å². The predicted molar refractivity (Wildman–Crippen MR) is 103 cm³/mol. The molecule has 0 saturated heterocycles. The molecular formula is C21H22ClNO4. The molecule has 27 heavy (non-hydrogen) atoms. The number of halogens is 1. The van der Waals surface area contributed by atoms with E-state index >= 15 is 0 Å². The van der Waals surface area contributed by atoms with Gasteiger partial charge in [0, 0.05) is 35.5 Å². The average Bonchev–Trinajstić information content (AvgIpc) is 3.21. The highest BCUT2D eigenvalue weighted by Crippen LogP contribution is 2.35. The molecule has 6 heteroatoms. The number of carbonyl (C=O) groups is 1. The van der Waals surface area contributed by atoms with Gasteiger partial charge in [-0.3, -0.25) is 4.79 Å². The molecule has 4 rings (SSSR count). The number of rotatable bonds is 5. The summed E-state index contributed by atoms with van der Waals surface area (Å²) in [5.41, 5.74) is 3.00. The summed E-state index contributed by atoms with van der Waals surface area (Å²) in [5, 5.41) is 3.60. The average molecular weight is 388 g/mol. The van der Waals surface area contributed by atoms with Gasteiger partial charge in [0.1, 0.15) is 23.4 Å². The standard InChI is InChI=1S/C21H22ClNO4/c1-3-25-18-8-13-6-12(2)26-19(13)10-15(18)11-23-21(24)20-9-14-7-16(22)4-5-17(14)27-20/h4-5,7-8,10,12,20H,3,6,9,11H2,1-2H3,(H,23,24)/t12-,20+/m1/s1. The summed E-state index contributed by atoms with van der Waals surface area (Å²) in [6.45, 7) is 4.92. The van der Waals surface area contributed by atoms with E-state index in [1.165, 1.54) is 0 Å². The Morgan fingerprint density at radius 3 is 2.81 bits per heavy atom. The van der Waals surface area contributed by atoms with Gasteiger partial charge in [0.15, 0.2) is 6.10 Å². The summed E-state index contributed by atoms with van der Waals surface area (Å²) in [4.78, 5) is 12.6. The van der Waals surface area contributed by atoms with Crippen LogP contribution in [0.2, 0.25) is 5.02 Å². The molecule has 0 aliphatic carbocycles. The number of fused-ring (bicyclic) bond motifs is 2. The Bertz CT molecular complexity index is 883. The molecule has 5 nitrogen and oxygen atoms in total. The normalized spacial score (nSPS) is 19.7. The molecule has 1 amide bonds. The lowest BCUT2D eigenvalue weighted by molar-refractivity contribution is -0.127. The lowest BCUT2D eigenvalue weighted by Gasteiger charge is -2.15. The zero-order chi connectivity index (χ0) is 19.0. The molecule has 2 aliphatic heterocycles. The highest BCUT2D eigenvalue weighted by Gasteiger charge is 2.29. The second-order valence-corrected chi connectivity index (χ2v) is 7.35. The zero-order valence-electron chi connectivity index (χ0n) is 15.4. The molecule has 2 atom stereocenters. The Morgan fingerprint density at radius 2 is 2.00 bits per heavy atom. The molecule has 2 aliphatic rings. The van der Waals surface area contributed by atoms with E-state index < -0.39 is 6.10 Å². The van der Waals surface area contributed by atoms with Crippen LogP contribution in [-0.4, -0.2) is 24.7 Å². The molecule has 142 valence electrons. The van der Waals surface area contributed by atoms with Crippen LogP contribution >= 0.6 is 11.6 Å². The van der Waals surface area contributed by atoms with Crippen molar-refractivity contribution in [2.24, 2.45) is 0 Å². The van der Waals surface area contributed by atoms with Gasteiger partial charge in [-0.25, -0.2) is 0 Å². The molecule has 1 N–H and O–H groups in total. The largest absolute Gasteiger partial charge is 0.494 e. The van der Waals surface area contributed by atoms with Crippen LogP contribution in [-0.2, 0) is 24.2 Å². The minimum atomic E-state index is -0.542. The van der Waals surface area contributed by atoms with Crippen molar-refractivity contribution in [3.05, 3.63) is 52.0 Å². The van der Waals surface area contributed by atoms with Crippen molar-refractivity contribution in [1.82, 2.24) is 5.32 Å². The number of carbonyl (C=O) groups excluding carboxylic acids is 1. The number of nitrogens with one attached hydrogen (secondary N) is 1. The van der Waals surface area contributed by atoms with Crippen LogP contribution in [0.1, 0.15) is 30.5 Å². The second kappa shape index (κ2) is 7.31. The van der Waals surface area contributed by atoms with Crippen LogP contribution in [0.25, 0.3) is 0 Å². The van der Waals surface area contributed by atoms with Gasteiger partial charge in [0.25, 0.3) is 5.91 Å². The molecule has 0 radical (unpaired) electrons. The highest BCUT2D eigenvalue weighted by molar-refractivity contribution is 6.30. The van der Waals surface area contributed by atoms with Crippen LogP contribution in [0.4, 0.5) is 0 Å². The second-order valence-electron chi connectivity index (χ2n) is 6.91. The zero-order valence-corrected chi connectivity index (χ0v) is 16.1. The van der Waals surface area contributed by atoms with Gasteiger partial charge in [0.2, 0.25) is 0 Å². The molecule has 0 fully saturated rings. The Kier molecular flexibility index (Phi) is 4.87. The van der Waals surface area contributed by atoms with E-state index in [0.717, 1.165) is 40.4 Å². The van der Waals surface area contributed by atoms with Crippen LogP contribution < -0.4 is 19.5 Å². The van der Waals surface area contributed by atoms with E-state index in [1.807, 2.05) is 32.0 Å². The first kappa shape index (κ1) is 18.0. The number of hydrogen-bond acceptors (Lipinski definition) is 4. The minimum absolute atomic E-state index is 0.153. The van der Waals surface area contributed by atoms with E-state index in [2.05, 4.69) is 5.32 Å². The monoisotopic (exact) mass is 387 g/mol. The molecule has 2 aromatic carbocycles. The van der Waals surface area contributed by atoms with Gasteiger partial charge in [0.05, 0.1) is 6.61 Å². The minimum Gasteiger partial charge on any atom is -0.494 e. The number of benzene rings is 2. The topological polar surface area (TPSA) is 56.8 Å². The Labute approximate surface area is 163 Å². The van der Waals surface area contributed by atoms with Gasteiger partial charge in [-0.1, -0.05) is 11.6 Å². The third-order valence-electron chi connectivity index (χ3n) is 4.82. The first-order chi connectivity index (χ1) is 13.0. The maximum Gasteiger partial charge on any atom is 0.261 e. The maximum atomic E-state index is 12.6. The molecule has 2 aromatic rings. The first-order valence-electron chi connectivity index (χ1n) is 9.21. The quantitative estimate of drug-likeness (QED) is 0.850. The van der Waals surface area contributed by atoms with Crippen LogP contribution in [0.15, 0.2) is 30.3 Å². The highest BCUT2D eigenvalue weighted by atomic mass is 35.5. The van der Waals surface area contributed by atoms with Crippen molar-refractivity contribution in [2.75, 3.05) is 6.61 Å². The summed E-state index contributed by atoms with van der Waals surface area (Å²) in [6.07, 6.45) is 1.01. The van der Waals surface area contributed by atoms with E-state index in [0.29, 0.717) is 24.6 Å². The summed E-state index contributed by atoms with van der Waals surface area (Å²) < 4.78 is 17.4. The van der Waals surface area contributed by atoms with Gasteiger partial charge < -0.3 is 19.5 Å². The number of hydrogen-bond donors (Lipinski definition) is 1. The fourth-order valence-electron chi connectivity index (χ4n) is 3.57. The lowest BCUT2D eigenvalue weighted by atomic mass is 10.1. The molecule has 0 saturated carbocycles. The van der Waals surface area contributed by atoms with E-state index in [-0.39, 0.29) is 12.0 Å². The summed E-state index contributed by atoms with van der Waals surface area (Å²) in [5.74, 6) is 2.22. The first-order valence-corrected chi connectivity index (χ1v) is 9.59. The fourth-order valence-corrected chi connectivity index (χ4v) is 3.76. The molecule has 0 unspecified atom stereocenters. The van der Waals surface area contributed by atoms with E-state index in [1.54, 1.807) is 12.1 Å². The van der Waals surface area contributed by atoms with Crippen molar-refractivity contribution in [3.63, 3.8) is 0 Å². The van der Waals surface area contributed by atoms with Crippen LogP contribution in [0.5, 0.6) is 17.2 Å². The fraction of sp³-hybridized carbons (Fsp3) is 0.381. The van der Waals surface area contributed by atoms with Crippen molar-refractivity contribution >= 4 is 17.5 Å².